The molecule has 112 valence electrons. The second-order valence-corrected chi connectivity index (χ2v) is 4.93. The molecule has 1 aromatic heterocycles. The number of aromatic nitrogens is 1. The smallest absolute Gasteiger partial charge is 0.310 e. The third-order valence-corrected chi connectivity index (χ3v) is 3.65. The van der Waals surface area contributed by atoms with Crippen LogP contribution in [0.1, 0.15) is 18.0 Å². The molecule has 0 aromatic carbocycles. The number of nitrogens with two attached hydrogens (primary N) is 1. The second-order valence-electron chi connectivity index (χ2n) is 4.93. The van der Waals surface area contributed by atoms with Gasteiger partial charge in [0.15, 0.2) is 0 Å². The van der Waals surface area contributed by atoms with Crippen LogP contribution in [0.3, 0.4) is 0 Å². The molecule has 1 heterocycles. The Morgan fingerprint density at radius 1 is 1.48 bits per heavy atom. The van der Waals surface area contributed by atoms with Crippen molar-refractivity contribution in [3.05, 3.63) is 47.3 Å². The van der Waals surface area contributed by atoms with Gasteiger partial charge in [-0.05, 0) is 36.7 Å². The molecule has 5 N–H and O–H groups in total. The topological polar surface area (TPSA) is 100 Å². The van der Waals surface area contributed by atoms with E-state index >= 15 is 0 Å². The summed E-state index contributed by atoms with van der Waals surface area (Å²) >= 11 is 0. The van der Waals surface area contributed by atoms with Gasteiger partial charge in [0.25, 0.3) is 0 Å². The van der Waals surface area contributed by atoms with Gasteiger partial charge in [-0.3, -0.25) is 4.79 Å². The van der Waals surface area contributed by atoms with Crippen molar-refractivity contribution in [1.82, 2.24) is 15.6 Å². The first-order valence-electron chi connectivity index (χ1n) is 6.77. The van der Waals surface area contributed by atoms with Gasteiger partial charge in [-0.15, -0.1) is 0 Å². The average Bonchev–Trinajstić information content (AvgIpc) is 2.49. The Labute approximate surface area is 123 Å². The monoisotopic (exact) mass is 288 g/mol. The molecule has 2 rings (SSSR count). The van der Waals surface area contributed by atoms with Crippen molar-refractivity contribution in [2.24, 2.45) is 5.92 Å². The number of nitrogen functional groups attached to an aromatic ring is 1. The quantitative estimate of drug-likeness (QED) is 0.646. The van der Waals surface area contributed by atoms with Crippen LogP contribution in [-0.4, -0.2) is 30.2 Å². The number of nitrogens with one attached hydrogen (secondary N) is 2. The Bertz CT molecular complexity index is 578. The van der Waals surface area contributed by atoms with Gasteiger partial charge in [0.2, 0.25) is 0 Å². The molecular weight excluding hydrogens is 268 g/mol. The molecule has 0 radical (unpaired) electrons. The van der Waals surface area contributed by atoms with E-state index in [0.717, 1.165) is 16.8 Å². The van der Waals surface area contributed by atoms with Crippen molar-refractivity contribution in [1.29, 1.82) is 0 Å². The lowest BCUT2D eigenvalue weighted by Crippen LogP contribution is -2.27. The molecule has 0 bridgehead atoms. The van der Waals surface area contributed by atoms with Crippen LogP contribution in [-0.2, 0) is 4.79 Å². The molecule has 0 spiro atoms. The van der Waals surface area contributed by atoms with Crippen LogP contribution < -0.4 is 16.4 Å². The molecule has 1 aliphatic rings. The number of hydrogen-bond donors (Lipinski definition) is 4. The van der Waals surface area contributed by atoms with E-state index in [1.165, 1.54) is 0 Å². The summed E-state index contributed by atoms with van der Waals surface area (Å²) in [5.74, 6) is -0.859. The number of pyridine rings is 1. The number of rotatable bonds is 5. The molecule has 0 saturated heterocycles. The van der Waals surface area contributed by atoms with E-state index in [1.54, 1.807) is 18.3 Å². The van der Waals surface area contributed by atoms with E-state index < -0.39 is 11.9 Å². The summed E-state index contributed by atoms with van der Waals surface area (Å²) in [6.07, 6.45) is 5.71. The number of anilines is 1. The van der Waals surface area contributed by atoms with Crippen LogP contribution in [0.15, 0.2) is 41.8 Å². The molecule has 1 aromatic rings. The summed E-state index contributed by atoms with van der Waals surface area (Å²) in [5.41, 5.74) is 8.51. The molecule has 2 atom stereocenters. The van der Waals surface area contributed by atoms with E-state index in [0.29, 0.717) is 12.2 Å². The number of likely N-dealkylation sites (N-methyl/N-ethyl adjacent to an activating group) is 2. The summed E-state index contributed by atoms with van der Waals surface area (Å²) in [7, 11) is 3.67. The Balaban J connectivity index is 2.38. The number of hydrogen-bond acceptors (Lipinski definition) is 5. The minimum absolute atomic E-state index is 0.104. The summed E-state index contributed by atoms with van der Waals surface area (Å²) in [5, 5.41) is 15.6. The highest BCUT2D eigenvalue weighted by molar-refractivity contribution is 5.73. The minimum atomic E-state index is -0.816. The van der Waals surface area contributed by atoms with E-state index in [2.05, 4.69) is 15.6 Å². The van der Waals surface area contributed by atoms with Gasteiger partial charge < -0.3 is 21.5 Å². The van der Waals surface area contributed by atoms with Crippen LogP contribution in [0.2, 0.25) is 0 Å². The van der Waals surface area contributed by atoms with Crippen molar-refractivity contribution in [2.45, 2.75) is 12.5 Å². The molecule has 0 fully saturated rings. The number of nitrogens with zero attached hydrogens (tertiary/aromatic N) is 1. The molecule has 1 unspecified atom stereocenters. The third-order valence-electron chi connectivity index (χ3n) is 3.65. The Morgan fingerprint density at radius 2 is 2.24 bits per heavy atom. The highest BCUT2D eigenvalue weighted by Gasteiger charge is 2.27. The highest BCUT2D eigenvalue weighted by atomic mass is 16.4. The van der Waals surface area contributed by atoms with Gasteiger partial charge in [0, 0.05) is 18.9 Å². The fourth-order valence-corrected chi connectivity index (χ4v) is 2.55. The summed E-state index contributed by atoms with van der Waals surface area (Å²) < 4.78 is 0. The number of carboxylic acids is 1. The van der Waals surface area contributed by atoms with E-state index in [4.69, 9.17) is 5.73 Å². The maximum atomic E-state index is 11.2. The van der Waals surface area contributed by atoms with Crippen molar-refractivity contribution >= 4 is 11.8 Å². The van der Waals surface area contributed by atoms with E-state index in [9.17, 15) is 9.90 Å². The molecular formula is C15H20N4O2. The van der Waals surface area contributed by atoms with Crippen LogP contribution in [0.5, 0.6) is 0 Å². The highest BCUT2D eigenvalue weighted by Crippen LogP contribution is 2.32. The molecule has 6 nitrogen and oxygen atoms in total. The van der Waals surface area contributed by atoms with Crippen molar-refractivity contribution in [3.8, 4) is 0 Å². The molecule has 1 aliphatic carbocycles. The molecule has 21 heavy (non-hydrogen) atoms. The summed E-state index contributed by atoms with van der Waals surface area (Å²) in [6.45, 7) is 0. The Morgan fingerprint density at radius 3 is 2.76 bits per heavy atom. The van der Waals surface area contributed by atoms with Gasteiger partial charge in [-0.25, -0.2) is 4.98 Å². The third kappa shape index (κ3) is 3.22. The van der Waals surface area contributed by atoms with Crippen LogP contribution in [0.4, 0.5) is 5.82 Å². The fourth-order valence-electron chi connectivity index (χ4n) is 2.55. The maximum Gasteiger partial charge on any atom is 0.310 e. The second kappa shape index (κ2) is 6.41. The van der Waals surface area contributed by atoms with Gasteiger partial charge >= 0.3 is 5.97 Å². The van der Waals surface area contributed by atoms with Crippen LogP contribution in [0, 0.1) is 5.92 Å². The van der Waals surface area contributed by atoms with Crippen LogP contribution >= 0.6 is 0 Å². The van der Waals surface area contributed by atoms with Gasteiger partial charge in [0.1, 0.15) is 5.82 Å². The largest absolute Gasteiger partial charge is 0.481 e. The lowest BCUT2D eigenvalue weighted by atomic mass is 9.86. The van der Waals surface area contributed by atoms with E-state index in [1.807, 2.05) is 26.2 Å². The predicted molar refractivity (Wildman–Crippen MR) is 81.4 cm³/mol. The standard InChI is InChI=1S/C15H20N4O2/c1-17-12-5-3-9(15(20)21)7-11(12)14(18-2)10-4-6-13(16)19-8-10/h3-6,8-9,14,17-18H,7H2,1-2H3,(H2,16,19)(H,20,21)/t9-,14?/m0/s1. The van der Waals surface area contributed by atoms with Crippen molar-refractivity contribution in [2.75, 3.05) is 19.8 Å². The number of aliphatic carboxylic acids is 1. The lowest BCUT2D eigenvalue weighted by Gasteiger charge is -2.27. The summed E-state index contributed by atoms with van der Waals surface area (Å²) in [4.78, 5) is 15.4. The first-order chi connectivity index (χ1) is 10.1. The first kappa shape index (κ1) is 15.1. The SMILES string of the molecule is CNC1=C(C(NC)c2ccc(N)nc2)C[C@@H](C(=O)O)C=C1. The molecule has 0 aliphatic heterocycles. The maximum absolute atomic E-state index is 11.2. The normalized spacial score (nSPS) is 19.4. The van der Waals surface area contributed by atoms with Crippen molar-refractivity contribution in [3.63, 3.8) is 0 Å². The molecule has 0 saturated carbocycles. The van der Waals surface area contributed by atoms with Crippen LogP contribution in [0.25, 0.3) is 0 Å². The number of allylic oxidation sites excluding steroid dienone is 1. The van der Waals surface area contributed by atoms with Crippen molar-refractivity contribution < 1.29 is 9.90 Å². The Hall–Kier alpha value is -2.34. The zero-order valence-corrected chi connectivity index (χ0v) is 12.1. The molecule has 0 amide bonds. The number of carboxylic acid groups (broad SMARTS) is 1. The zero-order valence-electron chi connectivity index (χ0n) is 12.1. The summed E-state index contributed by atoms with van der Waals surface area (Å²) in [6, 6.07) is 3.54. The predicted octanol–water partition coefficient (Wildman–Crippen LogP) is 1.06. The van der Waals surface area contributed by atoms with Gasteiger partial charge in [-0.1, -0.05) is 12.1 Å². The van der Waals surface area contributed by atoms with E-state index in [-0.39, 0.29) is 6.04 Å². The zero-order chi connectivity index (χ0) is 15.4. The average molecular weight is 288 g/mol. The minimum Gasteiger partial charge on any atom is -0.481 e. The molecule has 6 heteroatoms. The lowest BCUT2D eigenvalue weighted by molar-refractivity contribution is -0.140. The van der Waals surface area contributed by atoms with Gasteiger partial charge in [-0.2, -0.15) is 0 Å². The fraction of sp³-hybridized carbons (Fsp3) is 0.333. The Kier molecular flexibility index (Phi) is 4.59. The first-order valence-corrected chi connectivity index (χ1v) is 6.77. The van der Waals surface area contributed by atoms with Gasteiger partial charge in [0.05, 0.1) is 12.0 Å². The number of carbonyl (C=O) groups is 1.